The molecule has 0 fully saturated rings. The van der Waals surface area contributed by atoms with Crippen LogP contribution in [0.15, 0.2) is 82.7 Å². The van der Waals surface area contributed by atoms with Gasteiger partial charge in [0.2, 0.25) is 0 Å². The highest BCUT2D eigenvalue weighted by molar-refractivity contribution is 6.03. The number of rotatable bonds is 8. The Hall–Kier alpha value is -4.33. The maximum Gasteiger partial charge on any atom is 0.303 e. The zero-order valence-electron chi connectivity index (χ0n) is 19.4. The summed E-state index contributed by atoms with van der Waals surface area (Å²) in [6.45, 7) is 0. The molecule has 7 nitrogen and oxygen atoms in total. The van der Waals surface area contributed by atoms with Gasteiger partial charge in [0, 0.05) is 24.8 Å². The summed E-state index contributed by atoms with van der Waals surface area (Å²) in [5.41, 5.74) is 3.41. The van der Waals surface area contributed by atoms with Crippen LogP contribution in [0, 0.1) is 5.82 Å². The number of aliphatic carboxylic acids is 1. The number of hydrogen-bond donors (Lipinski definition) is 1. The molecule has 0 amide bonds. The van der Waals surface area contributed by atoms with E-state index in [1.807, 2.05) is 42.5 Å². The minimum atomic E-state index is -0.865. The third kappa shape index (κ3) is 4.88. The van der Waals surface area contributed by atoms with E-state index >= 15 is 0 Å². The minimum absolute atomic E-state index is 0.0426. The number of unbranched alkanes of at least 4 members (excludes halogenated alkanes) is 1. The van der Waals surface area contributed by atoms with Crippen LogP contribution in [0.2, 0.25) is 0 Å². The van der Waals surface area contributed by atoms with Crippen LogP contribution in [0.4, 0.5) is 4.39 Å². The fraction of sp³-hybridized carbons (Fsp3) is 0.214. The van der Waals surface area contributed by atoms with Gasteiger partial charge in [0.15, 0.2) is 6.10 Å². The van der Waals surface area contributed by atoms with Gasteiger partial charge in [-0.25, -0.2) is 9.37 Å². The monoisotopic (exact) mass is 485 g/mol. The molecule has 0 aliphatic carbocycles. The van der Waals surface area contributed by atoms with E-state index in [2.05, 4.69) is 5.16 Å². The largest absolute Gasteiger partial charge is 0.481 e. The average molecular weight is 486 g/mol. The van der Waals surface area contributed by atoms with Gasteiger partial charge in [-0.05, 0) is 54.8 Å². The molecule has 1 atom stereocenters. The highest BCUT2D eigenvalue weighted by atomic mass is 19.1. The molecule has 0 saturated carbocycles. The van der Waals surface area contributed by atoms with Crippen LogP contribution < -0.4 is 5.56 Å². The quantitative estimate of drug-likeness (QED) is 0.347. The molecule has 1 aliphatic heterocycles. The van der Waals surface area contributed by atoms with Gasteiger partial charge >= 0.3 is 5.97 Å². The highest BCUT2D eigenvalue weighted by Gasteiger charge is 2.24. The first-order valence-electron chi connectivity index (χ1n) is 11.8. The lowest BCUT2D eigenvalue weighted by Crippen LogP contribution is -2.24. The Morgan fingerprint density at radius 1 is 1.06 bits per heavy atom. The second-order valence-corrected chi connectivity index (χ2v) is 8.72. The first-order valence-corrected chi connectivity index (χ1v) is 11.8. The van der Waals surface area contributed by atoms with Gasteiger partial charge in [0.1, 0.15) is 11.6 Å². The normalized spacial score (nSPS) is 15.0. The van der Waals surface area contributed by atoms with Crippen LogP contribution in [-0.4, -0.2) is 26.3 Å². The third-order valence-corrected chi connectivity index (χ3v) is 6.24. The van der Waals surface area contributed by atoms with Crippen molar-refractivity contribution in [3.63, 3.8) is 0 Å². The summed E-state index contributed by atoms with van der Waals surface area (Å²) in [5.74, 6) is -0.773. The Balaban J connectivity index is 1.50. The first kappa shape index (κ1) is 23.4. The molecule has 36 heavy (non-hydrogen) atoms. The lowest BCUT2D eigenvalue weighted by Gasteiger charge is -2.14. The lowest BCUT2D eigenvalue weighted by molar-refractivity contribution is -0.137. The Labute approximate surface area is 206 Å². The van der Waals surface area contributed by atoms with Crippen LogP contribution >= 0.6 is 0 Å². The number of carboxylic acid groups (broad SMARTS) is 1. The van der Waals surface area contributed by atoms with Crippen LogP contribution in [0.1, 0.15) is 48.7 Å². The topological polar surface area (TPSA) is 93.8 Å². The second-order valence-electron chi connectivity index (χ2n) is 8.72. The molecule has 4 aromatic rings. The molecule has 182 valence electrons. The zero-order valence-corrected chi connectivity index (χ0v) is 19.4. The molecule has 1 aliphatic rings. The van der Waals surface area contributed by atoms with Crippen molar-refractivity contribution < 1.29 is 19.1 Å². The van der Waals surface area contributed by atoms with Crippen molar-refractivity contribution in [3.8, 4) is 5.69 Å². The number of oxime groups is 1. The smallest absolute Gasteiger partial charge is 0.303 e. The average Bonchev–Trinajstić information content (AvgIpc) is 3.38. The van der Waals surface area contributed by atoms with E-state index in [4.69, 9.17) is 14.9 Å². The van der Waals surface area contributed by atoms with E-state index in [1.54, 1.807) is 6.07 Å². The van der Waals surface area contributed by atoms with Gasteiger partial charge in [0.05, 0.1) is 22.3 Å². The molecular formula is C28H24FN3O4. The molecule has 1 aromatic heterocycles. The maximum atomic E-state index is 13.5. The van der Waals surface area contributed by atoms with Gasteiger partial charge in [-0.1, -0.05) is 41.6 Å². The number of hydrogen-bond acceptors (Lipinski definition) is 5. The fourth-order valence-corrected chi connectivity index (χ4v) is 4.39. The van der Waals surface area contributed by atoms with Crippen molar-refractivity contribution in [2.45, 2.75) is 38.2 Å². The van der Waals surface area contributed by atoms with E-state index in [-0.39, 0.29) is 18.1 Å². The van der Waals surface area contributed by atoms with Crippen molar-refractivity contribution in [2.24, 2.45) is 5.16 Å². The summed E-state index contributed by atoms with van der Waals surface area (Å²) < 4.78 is 15.0. The standard InChI is InChI=1S/C28H24FN3O4/c29-20-11-13-21(14-12-20)32-26(8-4-5-9-27(33)34)30-24-16-19(10-15-22(24)28(32)35)23-17-25(36-31-23)18-6-2-1-3-7-18/h1-3,6-7,10-16,25H,4-5,8-9,17H2,(H,33,34). The summed E-state index contributed by atoms with van der Waals surface area (Å²) in [7, 11) is 0. The molecule has 0 radical (unpaired) electrons. The van der Waals surface area contributed by atoms with Gasteiger partial charge in [0.25, 0.3) is 5.56 Å². The summed E-state index contributed by atoms with van der Waals surface area (Å²) >= 11 is 0. The van der Waals surface area contributed by atoms with Crippen LogP contribution in [-0.2, 0) is 16.1 Å². The maximum absolute atomic E-state index is 13.5. The van der Waals surface area contributed by atoms with Crippen LogP contribution in [0.25, 0.3) is 16.6 Å². The molecule has 8 heteroatoms. The highest BCUT2D eigenvalue weighted by Crippen LogP contribution is 2.30. The first-order chi connectivity index (χ1) is 17.5. The number of halogens is 1. The number of carboxylic acids is 1. The summed E-state index contributed by atoms with van der Waals surface area (Å²) in [4.78, 5) is 34.9. The Kier molecular flexibility index (Phi) is 6.58. The van der Waals surface area contributed by atoms with E-state index in [0.717, 1.165) is 16.8 Å². The molecule has 0 bridgehead atoms. The molecule has 1 unspecified atom stereocenters. The molecule has 3 aromatic carbocycles. The second kappa shape index (κ2) is 10.1. The van der Waals surface area contributed by atoms with Crippen molar-refractivity contribution in [2.75, 3.05) is 0 Å². The predicted octanol–water partition coefficient (Wildman–Crippen LogP) is 5.19. The number of nitrogens with zero attached hydrogens (tertiary/aromatic N) is 3. The molecule has 0 spiro atoms. The number of aromatic nitrogens is 2. The Bertz CT molecular complexity index is 1500. The van der Waals surface area contributed by atoms with Gasteiger partial charge in [-0.3, -0.25) is 14.2 Å². The van der Waals surface area contributed by atoms with Crippen molar-refractivity contribution in [1.82, 2.24) is 9.55 Å². The number of benzene rings is 3. The zero-order chi connectivity index (χ0) is 25.1. The van der Waals surface area contributed by atoms with Crippen LogP contribution in [0.3, 0.4) is 0 Å². The summed E-state index contributed by atoms with van der Waals surface area (Å²) in [6, 6.07) is 20.9. The minimum Gasteiger partial charge on any atom is -0.481 e. The molecular weight excluding hydrogens is 461 g/mol. The van der Waals surface area contributed by atoms with Crippen LogP contribution in [0.5, 0.6) is 0 Å². The molecule has 0 saturated heterocycles. The molecule has 5 rings (SSSR count). The van der Waals surface area contributed by atoms with E-state index in [9.17, 15) is 14.0 Å². The van der Waals surface area contributed by atoms with Gasteiger partial charge in [-0.15, -0.1) is 0 Å². The van der Waals surface area contributed by atoms with Crippen molar-refractivity contribution in [1.29, 1.82) is 0 Å². The SMILES string of the molecule is O=C(O)CCCCc1nc2cc(C3=NOC(c4ccccc4)C3)ccc2c(=O)n1-c1ccc(F)cc1. The van der Waals surface area contributed by atoms with Crippen molar-refractivity contribution in [3.05, 3.63) is 106 Å². The number of aryl methyl sites for hydroxylation is 1. The van der Waals surface area contributed by atoms with Gasteiger partial charge in [-0.2, -0.15) is 0 Å². The number of carbonyl (C=O) groups is 1. The Morgan fingerprint density at radius 3 is 2.58 bits per heavy atom. The van der Waals surface area contributed by atoms with E-state index in [0.29, 0.717) is 48.1 Å². The lowest BCUT2D eigenvalue weighted by atomic mass is 9.99. The molecule has 1 N–H and O–H groups in total. The van der Waals surface area contributed by atoms with Gasteiger partial charge < -0.3 is 9.94 Å². The Morgan fingerprint density at radius 2 is 1.83 bits per heavy atom. The molecule has 2 heterocycles. The summed E-state index contributed by atoms with van der Waals surface area (Å²) in [6.07, 6.45) is 1.89. The van der Waals surface area contributed by atoms with E-state index < -0.39 is 11.8 Å². The number of fused-ring (bicyclic) bond motifs is 1. The predicted molar refractivity (Wildman–Crippen MR) is 134 cm³/mol. The fourth-order valence-electron chi connectivity index (χ4n) is 4.39. The van der Waals surface area contributed by atoms with Crippen molar-refractivity contribution >= 4 is 22.6 Å². The third-order valence-electron chi connectivity index (χ3n) is 6.24. The van der Waals surface area contributed by atoms with E-state index in [1.165, 1.54) is 28.8 Å². The summed E-state index contributed by atoms with van der Waals surface area (Å²) in [5, 5.41) is 13.7.